The third kappa shape index (κ3) is 4.57. The fourth-order valence-corrected chi connectivity index (χ4v) is 1.32. The number of nitrogens with one attached hydrogen (secondary N) is 1. The van der Waals surface area contributed by atoms with E-state index < -0.39 is 0 Å². The van der Waals surface area contributed by atoms with Gasteiger partial charge in [-0.15, -0.1) is 0 Å². The topological polar surface area (TPSA) is 45.2 Å². The molecular formula is C10H14IN3O. The van der Waals surface area contributed by atoms with Crippen molar-refractivity contribution < 1.29 is 4.79 Å². The fourth-order valence-electron chi connectivity index (χ4n) is 1.01. The summed E-state index contributed by atoms with van der Waals surface area (Å²) in [6.07, 6.45) is 1.59. The number of likely N-dealkylation sites (N-methyl/N-ethyl adjacent to an activating group) is 1. The lowest BCUT2D eigenvalue weighted by molar-refractivity contribution is 0.0950. The van der Waals surface area contributed by atoms with Gasteiger partial charge in [-0.2, -0.15) is 0 Å². The van der Waals surface area contributed by atoms with Gasteiger partial charge in [0.1, 0.15) is 3.70 Å². The van der Waals surface area contributed by atoms with Gasteiger partial charge in [0.25, 0.3) is 5.91 Å². The Hall–Kier alpha value is -0.690. The van der Waals surface area contributed by atoms with Gasteiger partial charge in [0.2, 0.25) is 0 Å². The minimum Gasteiger partial charge on any atom is -0.351 e. The zero-order valence-electron chi connectivity index (χ0n) is 8.83. The lowest BCUT2D eigenvalue weighted by atomic mass is 10.3. The molecule has 1 amide bonds. The standard InChI is InChI=1S/C10H14IN3O/c1-14(2)6-5-12-10(15)8-3-4-9(11)13-7-8/h3-4,7H,5-6H2,1-2H3,(H,12,15). The number of hydrogen-bond acceptors (Lipinski definition) is 3. The van der Waals surface area contributed by atoms with Crippen molar-refractivity contribution >= 4 is 28.5 Å². The molecule has 4 nitrogen and oxygen atoms in total. The molecule has 82 valence electrons. The normalized spacial score (nSPS) is 10.4. The van der Waals surface area contributed by atoms with Crippen molar-refractivity contribution in [2.75, 3.05) is 27.2 Å². The highest BCUT2D eigenvalue weighted by molar-refractivity contribution is 14.1. The smallest absolute Gasteiger partial charge is 0.252 e. The summed E-state index contributed by atoms with van der Waals surface area (Å²) in [5.74, 6) is -0.0687. The van der Waals surface area contributed by atoms with Crippen molar-refractivity contribution in [3.8, 4) is 0 Å². The van der Waals surface area contributed by atoms with Crippen LogP contribution in [0.2, 0.25) is 0 Å². The van der Waals surface area contributed by atoms with Crippen LogP contribution in [-0.2, 0) is 0 Å². The Bertz CT molecular complexity index is 324. The first-order chi connectivity index (χ1) is 7.09. The van der Waals surface area contributed by atoms with Crippen LogP contribution in [0.5, 0.6) is 0 Å². The minimum atomic E-state index is -0.0687. The number of rotatable bonds is 4. The second-order valence-corrected chi connectivity index (χ2v) is 4.53. The molecular weight excluding hydrogens is 305 g/mol. The Balaban J connectivity index is 2.43. The molecule has 0 spiro atoms. The molecule has 1 N–H and O–H groups in total. The molecule has 1 aromatic heterocycles. The number of amides is 1. The molecule has 0 atom stereocenters. The van der Waals surface area contributed by atoms with Crippen LogP contribution in [0.15, 0.2) is 18.3 Å². The van der Waals surface area contributed by atoms with Gasteiger partial charge in [-0.3, -0.25) is 4.79 Å². The van der Waals surface area contributed by atoms with Gasteiger partial charge < -0.3 is 10.2 Å². The number of aromatic nitrogens is 1. The van der Waals surface area contributed by atoms with Crippen molar-refractivity contribution in [1.82, 2.24) is 15.2 Å². The van der Waals surface area contributed by atoms with E-state index in [9.17, 15) is 4.79 Å². The van der Waals surface area contributed by atoms with Crippen LogP contribution < -0.4 is 5.32 Å². The third-order valence-electron chi connectivity index (χ3n) is 1.83. The first-order valence-corrected chi connectivity index (χ1v) is 5.72. The quantitative estimate of drug-likeness (QED) is 0.665. The predicted molar refractivity (Wildman–Crippen MR) is 67.8 cm³/mol. The van der Waals surface area contributed by atoms with Crippen LogP contribution in [0.3, 0.4) is 0 Å². The summed E-state index contributed by atoms with van der Waals surface area (Å²) < 4.78 is 0.887. The van der Waals surface area contributed by atoms with Crippen LogP contribution in [0.4, 0.5) is 0 Å². The van der Waals surface area contributed by atoms with E-state index in [2.05, 4.69) is 32.9 Å². The largest absolute Gasteiger partial charge is 0.351 e. The highest BCUT2D eigenvalue weighted by Gasteiger charge is 2.04. The van der Waals surface area contributed by atoms with E-state index >= 15 is 0 Å². The van der Waals surface area contributed by atoms with Gasteiger partial charge in [0, 0.05) is 19.3 Å². The maximum absolute atomic E-state index is 11.6. The Labute approximate surface area is 103 Å². The first-order valence-electron chi connectivity index (χ1n) is 4.64. The summed E-state index contributed by atoms with van der Waals surface area (Å²) in [6, 6.07) is 3.60. The summed E-state index contributed by atoms with van der Waals surface area (Å²) in [5, 5.41) is 2.83. The van der Waals surface area contributed by atoms with E-state index in [4.69, 9.17) is 0 Å². The molecule has 1 rings (SSSR count). The Morgan fingerprint density at radius 3 is 2.80 bits per heavy atom. The molecule has 5 heteroatoms. The van der Waals surface area contributed by atoms with Gasteiger partial charge in [-0.1, -0.05) is 0 Å². The van der Waals surface area contributed by atoms with Gasteiger partial charge in [-0.05, 0) is 48.8 Å². The second kappa shape index (κ2) is 6.02. The number of nitrogens with zero attached hydrogens (tertiary/aromatic N) is 2. The lowest BCUT2D eigenvalue weighted by Gasteiger charge is -2.10. The molecule has 1 heterocycles. The van der Waals surface area contributed by atoms with E-state index in [1.807, 2.05) is 25.1 Å². The molecule has 0 radical (unpaired) electrons. The van der Waals surface area contributed by atoms with Crippen LogP contribution in [0, 0.1) is 3.70 Å². The minimum absolute atomic E-state index is 0.0687. The van der Waals surface area contributed by atoms with Crippen molar-refractivity contribution in [3.05, 3.63) is 27.6 Å². The number of pyridine rings is 1. The Morgan fingerprint density at radius 1 is 1.53 bits per heavy atom. The molecule has 0 saturated carbocycles. The summed E-state index contributed by atoms with van der Waals surface area (Å²) in [7, 11) is 3.94. The zero-order chi connectivity index (χ0) is 11.3. The summed E-state index contributed by atoms with van der Waals surface area (Å²) in [4.78, 5) is 17.6. The Morgan fingerprint density at radius 2 is 2.27 bits per heavy atom. The SMILES string of the molecule is CN(C)CCNC(=O)c1ccc(I)nc1. The van der Waals surface area contributed by atoms with Gasteiger partial charge in [0.15, 0.2) is 0 Å². The summed E-state index contributed by atoms with van der Waals surface area (Å²) in [5.41, 5.74) is 0.606. The molecule has 0 unspecified atom stereocenters. The fraction of sp³-hybridized carbons (Fsp3) is 0.400. The Kier molecular flexibility index (Phi) is 4.97. The highest BCUT2D eigenvalue weighted by atomic mass is 127. The van der Waals surface area contributed by atoms with Gasteiger partial charge >= 0.3 is 0 Å². The maximum atomic E-state index is 11.6. The van der Waals surface area contributed by atoms with Gasteiger partial charge in [-0.25, -0.2) is 4.98 Å². The van der Waals surface area contributed by atoms with Crippen LogP contribution in [0.1, 0.15) is 10.4 Å². The van der Waals surface area contributed by atoms with Crippen LogP contribution in [-0.4, -0.2) is 43.0 Å². The van der Waals surface area contributed by atoms with Crippen molar-refractivity contribution in [2.24, 2.45) is 0 Å². The van der Waals surface area contributed by atoms with Crippen LogP contribution in [0.25, 0.3) is 0 Å². The molecule has 15 heavy (non-hydrogen) atoms. The average Bonchev–Trinajstić information content (AvgIpc) is 2.18. The molecule has 0 saturated heterocycles. The number of halogens is 1. The lowest BCUT2D eigenvalue weighted by Crippen LogP contribution is -2.31. The van der Waals surface area contributed by atoms with E-state index in [0.29, 0.717) is 12.1 Å². The van der Waals surface area contributed by atoms with Crippen LogP contribution >= 0.6 is 22.6 Å². The molecule has 0 aromatic carbocycles. The monoisotopic (exact) mass is 319 g/mol. The second-order valence-electron chi connectivity index (χ2n) is 3.43. The molecule has 0 aliphatic carbocycles. The average molecular weight is 319 g/mol. The molecule has 0 bridgehead atoms. The van der Waals surface area contributed by atoms with Crippen molar-refractivity contribution in [3.63, 3.8) is 0 Å². The molecule has 0 aliphatic heterocycles. The summed E-state index contributed by atoms with van der Waals surface area (Å²) in [6.45, 7) is 1.49. The molecule has 0 aliphatic rings. The highest BCUT2D eigenvalue weighted by Crippen LogP contribution is 2.02. The van der Waals surface area contributed by atoms with E-state index in [1.54, 1.807) is 12.3 Å². The third-order valence-corrected chi connectivity index (χ3v) is 2.47. The van der Waals surface area contributed by atoms with Gasteiger partial charge in [0.05, 0.1) is 5.56 Å². The zero-order valence-corrected chi connectivity index (χ0v) is 11.0. The van der Waals surface area contributed by atoms with Crippen molar-refractivity contribution in [2.45, 2.75) is 0 Å². The predicted octanol–water partition coefficient (Wildman–Crippen LogP) is 0.978. The van der Waals surface area contributed by atoms with E-state index in [-0.39, 0.29) is 5.91 Å². The summed E-state index contributed by atoms with van der Waals surface area (Å²) >= 11 is 2.11. The number of hydrogen-bond donors (Lipinski definition) is 1. The number of carbonyl (C=O) groups excluding carboxylic acids is 1. The van der Waals surface area contributed by atoms with E-state index in [1.165, 1.54) is 0 Å². The molecule has 1 aromatic rings. The number of carbonyl (C=O) groups is 1. The van der Waals surface area contributed by atoms with E-state index in [0.717, 1.165) is 10.2 Å². The first kappa shape index (κ1) is 12.4. The maximum Gasteiger partial charge on any atom is 0.252 e. The molecule has 0 fully saturated rings. The van der Waals surface area contributed by atoms with Crippen molar-refractivity contribution in [1.29, 1.82) is 0 Å².